The maximum Gasteiger partial charge on any atom is 0.248 e. The van der Waals surface area contributed by atoms with Crippen molar-refractivity contribution < 1.29 is 4.79 Å². The van der Waals surface area contributed by atoms with Crippen LogP contribution in [-0.2, 0) is 11.3 Å². The predicted molar refractivity (Wildman–Crippen MR) is 73.0 cm³/mol. The van der Waals surface area contributed by atoms with E-state index in [1.807, 2.05) is 11.0 Å². The van der Waals surface area contributed by atoms with E-state index in [2.05, 4.69) is 15.1 Å². The Morgan fingerprint density at radius 1 is 1.30 bits per heavy atom. The fourth-order valence-corrected chi connectivity index (χ4v) is 2.38. The third-order valence-corrected chi connectivity index (χ3v) is 3.35. The highest BCUT2D eigenvalue weighted by Crippen LogP contribution is 2.24. The molecule has 2 aromatic rings. The Labute approximate surface area is 116 Å². The number of rotatable bonds is 2. The van der Waals surface area contributed by atoms with E-state index in [0.29, 0.717) is 19.0 Å². The number of hydrogen-bond acceptors (Lipinski definition) is 5. The van der Waals surface area contributed by atoms with Crippen LogP contribution in [0, 0.1) is 0 Å². The van der Waals surface area contributed by atoms with E-state index < -0.39 is 0 Å². The van der Waals surface area contributed by atoms with Crippen molar-refractivity contribution in [2.24, 2.45) is 0 Å². The third-order valence-electron chi connectivity index (χ3n) is 3.35. The van der Waals surface area contributed by atoms with Gasteiger partial charge in [0.15, 0.2) is 0 Å². The molecule has 0 saturated heterocycles. The minimum absolute atomic E-state index is 0.0237. The molecular formula is C13H16N6O. The molecule has 1 atom stereocenters. The highest BCUT2D eigenvalue weighted by atomic mass is 16.2. The van der Waals surface area contributed by atoms with Crippen molar-refractivity contribution in [3.05, 3.63) is 36.4 Å². The zero-order chi connectivity index (χ0) is 14.1. The minimum Gasteiger partial charge on any atom is -0.347 e. The van der Waals surface area contributed by atoms with Crippen LogP contribution in [0.25, 0.3) is 0 Å². The normalized spacial score (nSPS) is 17.7. The van der Waals surface area contributed by atoms with Crippen LogP contribution >= 0.6 is 0 Å². The van der Waals surface area contributed by atoms with Gasteiger partial charge in [-0.15, -0.1) is 0 Å². The number of likely N-dealkylation sites (N-methyl/N-ethyl adjacent to an activating group) is 1. The number of nitrogens with zero attached hydrogens (tertiary/aromatic N) is 6. The van der Waals surface area contributed by atoms with E-state index in [0.717, 1.165) is 5.69 Å². The second-order valence-corrected chi connectivity index (χ2v) is 4.94. The number of carbonyl (C=O) groups excluding carboxylic acids is 1. The third kappa shape index (κ3) is 2.11. The van der Waals surface area contributed by atoms with Gasteiger partial charge in [0, 0.05) is 32.7 Å². The zero-order valence-corrected chi connectivity index (χ0v) is 11.5. The first-order valence-corrected chi connectivity index (χ1v) is 6.42. The first-order valence-electron chi connectivity index (χ1n) is 6.42. The summed E-state index contributed by atoms with van der Waals surface area (Å²) in [6.07, 6.45) is 5.13. The first kappa shape index (κ1) is 12.6. The molecule has 2 aromatic heterocycles. The molecule has 0 aliphatic carbocycles. The number of aromatic nitrogens is 4. The average molecular weight is 272 g/mol. The maximum atomic E-state index is 12.3. The van der Waals surface area contributed by atoms with Crippen LogP contribution in [0.1, 0.15) is 11.7 Å². The van der Waals surface area contributed by atoms with Crippen molar-refractivity contribution in [2.45, 2.75) is 12.6 Å². The van der Waals surface area contributed by atoms with Gasteiger partial charge in [0.05, 0.1) is 18.8 Å². The van der Waals surface area contributed by atoms with Crippen LogP contribution in [0.5, 0.6) is 0 Å². The number of amides is 1. The lowest BCUT2D eigenvalue weighted by Crippen LogP contribution is -2.45. The molecule has 0 N–H and O–H groups in total. The van der Waals surface area contributed by atoms with E-state index in [9.17, 15) is 4.79 Å². The van der Waals surface area contributed by atoms with Gasteiger partial charge < -0.3 is 9.80 Å². The van der Waals surface area contributed by atoms with Gasteiger partial charge in [0.25, 0.3) is 0 Å². The maximum absolute atomic E-state index is 12.3. The van der Waals surface area contributed by atoms with Crippen LogP contribution in [0.15, 0.2) is 30.7 Å². The Balaban J connectivity index is 1.95. The van der Waals surface area contributed by atoms with Gasteiger partial charge >= 0.3 is 0 Å². The fourth-order valence-electron chi connectivity index (χ4n) is 2.38. The molecule has 1 aliphatic heterocycles. The van der Waals surface area contributed by atoms with E-state index in [-0.39, 0.29) is 11.9 Å². The van der Waals surface area contributed by atoms with E-state index >= 15 is 0 Å². The van der Waals surface area contributed by atoms with Gasteiger partial charge in [-0.3, -0.25) is 9.48 Å². The summed E-state index contributed by atoms with van der Waals surface area (Å²) in [7, 11) is 3.51. The molecule has 0 radical (unpaired) electrons. The Morgan fingerprint density at radius 3 is 2.75 bits per heavy atom. The molecule has 3 heterocycles. The molecule has 0 unspecified atom stereocenters. The molecule has 0 saturated carbocycles. The number of carbonyl (C=O) groups is 1. The second-order valence-electron chi connectivity index (χ2n) is 4.94. The molecule has 7 nitrogen and oxygen atoms in total. The summed E-state index contributed by atoms with van der Waals surface area (Å²) in [5.74, 6) is 0.659. The van der Waals surface area contributed by atoms with E-state index in [1.165, 1.54) is 0 Å². The molecule has 3 rings (SSSR count). The monoisotopic (exact) mass is 272 g/mol. The van der Waals surface area contributed by atoms with E-state index in [4.69, 9.17) is 0 Å². The Kier molecular flexibility index (Phi) is 3.09. The van der Waals surface area contributed by atoms with Gasteiger partial charge in [-0.2, -0.15) is 5.10 Å². The molecule has 0 aromatic carbocycles. The lowest BCUT2D eigenvalue weighted by Gasteiger charge is -2.34. The Hall–Kier alpha value is -2.44. The summed E-state index contributed by atoms with van der Waals surface area (Å²) in [5, 5.41) is 4.27. The Morgan fingerprint density at radius 2 is 2.05 bits per heavy atom. The van der Waals surface area contributed by atoms with Crippen molar-refractivity contribution in [1.29, 1.82) is 0 Å². The molecule has 20 heavy (non-hydrogen) atoms. The quantitative estimate of drug-likeness (QED) is 0.787. The minimum atomic E-state index is -0.340. The number of anilines is 1. The average Bonchev–Trinajstić information content (AvgIpc) is 2.94. The molecule has 0 bridgehead atoms. The highest BCUT2D eigenvalue weighted by Gasteiger charge is 2.32. The molecular weight excluding hydrogens is 256 g/mol. The first-order chi connectivity index (χ1) is 9.66. The summed E-state index contributed by atoms with van der Waals surface area (Å²) in [4.78, 5) is 24.4. The standard InChI is InChI=1S/C13H16N6O/c1-17(2)12(20)11-9-18(13-14-5-3-6-15-13)8-10-4-7-16-19(10)11/h3-7,11H,8-9H2,1-2H3/t11-/m0/s1. The van der Waals surface area contributed by atoms with Gasteiger partial charge in [0.1, 0.15) is 6.04 Å². The van der Waals surface area contributed by atoms with Gasteiger partial charge in [-0.05, 0) is 12.1 Å². The smallest absolute Gasteiger partial charge is 0.248 e. The van der Waals surface area contributed by atoms with Gasteiger partial charge in [-0.25, -0.2) is 9.97 Å². The molecule has 7 heteroatoms. The van der Waals surface area contributed by atoms with Crippen molar-refractivity contribution in [3.63, 3.8) is 0 Å². The predicted octanol–water partition coefficient (Wildman–Crippen LogP) is 0.323. The van der Waals surface area contributed by atoms with Gasteiger partial charge in [0.2, 0.25) is 11.9 Å². The summed E-state index contributed by atoms with van der Waals surface area (Å²) >= 11 is 0. The number of hydrogen-bond donors (Lipinski definition) is 0. The van der Waals surface area contributed by atoms with Gasteiger partial charge in [-0.1, -0.05) is 0 Å². The van der Waals surface area contributed by atoms with Crippen LogP contribution in [0.3, 0.4) is 0 Å². The highest BCUT2D eigenvalue weighted by molar-refractivity contribution is 5.81. The molecule has 1 aliphatic rings. The van der Waals surface area contributed by atoms with Crippen molar-refractivity contribution in [2.75, 3.05) is 25.5 Å². The molecule has 104 valence electrons. The lowest BCUT2D eigenvalue weighted by molar-refractivity contribution is -0.132. The van der Waals surface area contributed by atoms with Crippen molar-refractivity contribution in [3.8, 4) is 0 Å². The van der Waals surface area contributed by atoms with Crippen LogP contribution < -0.4 is 4.90 Å². The summed E-state index contributed by atoms with van der Waals surface area (Å²) in [6.45, 7) is 1.18. The SMILES string of the molecule is CN(C)C(=O)[C@@H]1CN(c2ncccn2)Cc2ccnn21. The van der Waals surface area contributed by atoms with Crippen molar-refractivity contribution in [1.82, 2.24) is 24.6 Å². The molecule has 1 amide bonds. The number of fused-ring (bicyclic) bond motifs is 1. The summed E-state index contributed by atoms with van der Waals surface area (Å²) in [6, 6.07) is 3.36. The molecule has 0 spiro atoms. The Bertz CT molecular complexity index is 608. The van der Waals surface area contributed by atoms with Crippen LogP contribution in [0.4, 0.5) is 5.95 Å². The van der Waals surface area contributed by atoms with Crippen LogP contribution in [-0.4, -0.2) is 51.2 Å². The summed E-state index contributed by atoms with van der Waals surface area (Å²) < 4.78 is 1.79. The largest absolute Gasteiger partial charge is 0.347 e. The van der Waals surface area contributed by atoms with Crippen molar-refractivity contribution >= 4 is 11.9 Å². The second kappa shape index (κ2) is 4.92. The van der Waals surface area contributed by atoms with Crippen LogP contribution in [0.2, 0.25) is 0 Å². The summed E-state index contributed by atoms with van der Waals surface area (Å²) in [5.41, 5.74) is 0.990. The fraction of sp³-hybridized carbons (Fsp3) is 0.385. The zero-order valence-electron chi connectivity index (χ0n) is 11.5. The lowest BCUT2D eigenvalue weighted by atomic mass is 10.1. The van der Waals surface area contributed by atoms with E-state index in [1.54, 1.807) is 48.3 Å². The topological polar surface area (TPSA) is 67.2 Å². The molecule has 0 fully saturated rings.